The van der Waals surface area contributed by atoms with Gasteiger partial charge in [0, 0.05) is 0 Å². The van der Waals surface area contributed by atoms with Gasteiger partial charge in [-0.3, -0.25) is 0 Å². The zero-order valence-electron chi connectivity index (χ0n) is 4.27. The highest BCUT2D eigenvalue weighted by atomic mass is 79.9. The number of hydrogen-bond acceptors (Lipinski definition) is 1. The van der Waals surface area contributed by atoms with Crippen LogP contribution >= 0.6 is 47.6 Å². The van der Waals surface area contributed by atoms with E-state index in [1.54, 1.807) is 0 Å². The van der Waals surface area contributed by atoms with Crippen LogP contribution in [0.4, 0.5) is 0 Å². The lowest BCUT2D eigenvalue weighted by molar-refractivity contribution is 0.502. The molecule has 0 atom stereocenters. The van der Waals surface area contributed by atoms with Crippen molar-refractivity contribution in [3.63, 3.8) is 0 Å². The molecule has 1 rings (SSSR count). The predicted molar refractivity (Wildman–Crippen MR) is 49.8 cm³/mol. The zero-order valence-corrected chi connectivity index (χ0v) is 9.03. The van der Waals surface area contributed by atoms with Crippen LogP contribution in [0, 0.1) is 0 Å². The Morgan fingerprint density at radius 3 is 2.56 bits per heavy atom. The fourth-order valence-electron chi connectivity index (χ4n) is 0.420. The minimum absolute atomic E-state index is 0.00632. The number of allylic oxidation sites excluding steroid dienone is 2. The first-order chi connectivity index (χ1) is 4.20. The molecule has 0 aliphatic carbocycles. The van der Waals surface area contributed by atoms with Crippen LogP contribution in [0.25, 0.3) is 0 Å². The van der Waals surface area contributed by atoms with E-state index in [2.05, 4.69) is 47.6 Å². The monoisotopic (exact) mass is 314 g/mol. The molecule has 0 saturated heterocycles. The molecule has 0 radical (unpaired) electrons. The van der Waals surface area contributed by atoms with Crippen LogP contribution in [0.3, 0.4) is 0 Å². The van der Waals surface area contributed by atoms with Crippen LogP contribution in [-0.4, -0.2) is 5.74 Å². The topological polar surface area (TPSA) is 9.23 Å². The van der Waals surface area contributed by atoms with Gasteiger partial charge in [-0.05, 0) is 31.9 Å². The summed E-state index contributed by atoms with van der Waals surface area (Å²) >= 11 is 9.77. The Labute approximate surface area is 78.9 Å². The lowest BCUT2D eigenvalue weighted by Gasteiger charge is -2.10. The van der Waals surface area contributed by atoms with Gasteiger partial charge in [0.05, 0.1) is 4.48 Å². The molecule has 0 aromatic rings. The molecule has 1 aliphatic heterocycles. The molecule has 0 unspecified atom stereocenters. The molecule has 9 heavy (non-hydrogen) atoms. The maximum absolute atomic E-state index is 5.18. The first-order valence-corrected chi connectivity index (χ1v) is 4.74. The van der Waals surface area contributed by atoms with Crippen LogP contribution in [0.1, 0.15) is 0 Å². The lowest BCUT2D eigenvalue weighted by Crippen LogP contribution is -2.07. The van der Waals surface area contributed by atoms with Gasteiger partial charge in [-0.2, -0.15) is 0 Å². The third-order valence-corrected chi connectivity index (χ3v) is 3.06. The van der Waals surface area contributed by atoms with E-state index in [4.69, 9.17) is 4.65 Å². The largest absolute Gasteiger partial charge is 0.541 e. The molecule has 0 fully saturated rings. The van der Waals surface area contributed by atoms with E-state index in [1.807, 2.05) is 12.1 Å². The number of rotatable bonds is 0. The van der Waals surface area contributed by atoms with Crippen molar-refractivity contribution < 1.29 is 4.65 Å². The summed E-state index contributed by atoms with van der Waals surface area (Å²) in [6, 6.07) is 0. The fraction of sp³-hybridized carbons (Fsp3) is 0. The van der Waals surface area contributed by atoms with Crippen molar-refractivity contribution in [3.8, 4) is 0 Å². The van der Waals surface area contributed by atoms with Gasteiger partial charge in [0.2, 0.25) is 0 Å². The highest BCUT2D eigenvalue weighted by Crippen LogP contribution is 2.26. The lowest BCUT2D eigenvalue weighted by atomic mass is 9.99. The van der Waals surface area contributed by atoms with Crippen molar-refractivity contribution in [3.05, 3.63) is 21.2 Å². The summed E-state index contributed by atoms with van der Waals surface area (Å²) in [7, 11) is 0. The maximum Gasteiger partial charge on any atom is 0.463 e. The molecule has 0 N–H and O–H groups in total. The van der Waals surface area contributed by atoms with Crippen molar-refractivity contribution >= 4 is 53.4 Å². The minimum atomic E-state index is -0.00632. The zero-order chi connectivity index (χ0) is 6.85. The Balaban J connectivity index is 2.75. The Kier molecular flexibility index (Phi) is 2.85. The number of halogens is 3. The normalized spacial score (nSPS) is 18.3. The third-order valence-electron chi connectivity index (χ3n) is 0.798. The van der Waals surface area contributed by atoms with Crippen LogP contribution in [0.15, 0.2) is 21.2 Å². The fourth-order valence-corrected chi connectivity index (χ4v) is 1.59. The molecular weight excluding hydrogens is 315 g/mol. The summed E-state index contributed by atoms with van der Waals surface area (Å²) in [6.07, 6.45) is 1.92. The van der Waals surface area contributed by atoms with Crippen LogP contribution in [0.5, 0.6) is 0 Å². The molecular formula is C4H2BBr3O. The van der Waals surface area contributed by atoms with E-state index in [9.17, 15) is 0 Å². The first kappa shape index (κ1) is 7.89. The number of hydrogen-bond donors (Lipinski definition) is 0. The van der Waals surface area contributed by atoms with Gasteiger partial charge in [-0.1, -0.05) is 27.8 Å². The first-order valence-electron chi connectivity index (χ1n) is 2.24. The van der Waals surface area contributed by atoms with Gasteiger partial charge in [0.25, 0.3) is 0 Å². The molecule has 0 saturated carbocycles. The van der Waals surface area contributed by atoms with E-state index in [-0.39, 0.29) is 5.74 Å². The van der Waals surface area contributed by atoms with Crippen molar-refractivity contribution in [2.75, 3.05) is 0 Å². The SMILES string of the molecule is BrB1C=CC(Br)=C(Br)O1. The van der Waals surface area contributed by atoms with Crippen LogP contribution < -0.4 is 0 Å². The van der Waals surface area contributed by atoms with Gasteiger partial charge >= 0.3 is 5.74 Å². The van der Waals surface area contributed by atoms with E-state index in [0.29, 0.717) is 0 Å². The van der Waals surface area contributed by atoms with E-state index >= 15 is 0 Å². The molecule has 0 aromatic carbocycles. The summed E-state index contributed by atoms with van der Waals surface area (Å²) in [4.78, 5) is 0. The quantitative estimate of drug-likeness (QED) is 0.624. The van der Waals surface area contributed by atoms with E-state index < -0.39 is 0 Å². The second-order valence-corrected chi connectivity index (χ2v) is 3.93. The standard InChI is InChI=1S/C4H2BBr3O/c6-3-1-2-5(8)9-4(3)7/h1-2H. The summed E-state index contributed by atoms with van der Waals surface area (Å²) in [5.41, 5.74) is -0.00632. The van der Waals surface area contributed by atoms with Crippen molar-refractivity contribution in [2.24, 2.45) is 0 Å². The van der Waals surface area contributed by atoms with Crippen molar-refractivity contribution in [1.82, 2.24) is 0 Å². The second kappa shape index (κ2) is 3.26. The third kappa shape index (κ3) is 2.13. The van der Waals surface area contributed by atoms with Crippen LogP contribution in [-0.2, 0) is 4.65 Å². The minimum Gasteiger partial charge on any atom is -0.541 e. The van der Waals surface area contributed by atoms with Gasteiger partial charge in [0.1, 0.15) is 0 Å². The van der Waals surface area contributed by atoms with Gasteiger partial charge < -0.3 is 4.65 Å². The van der Waals surface area contributed by atoms with Crippen molar-refractivity contribution in [1.29, 1.82) is 0 Å². The Morgan fingerprint density at radius 1 is 1.44 bits per heavy atom. The highest BCUT2D eigenvalue weighted by molar-refractivity contribution is 9.24. The van der Waals surface area contributed by atoms with E-state index in [1.165, 1.54) is 0 Å². The molecule has 5 heteroatoms. The summed E-state index contributed by atoms with van der Waals surface area (Å²) < 4.78 is 6.84. The van der Waals surface area contributed by atoms with E-state index in [0.717, 1.165) is 9.15 Å². The smallest absolute Gasteiger partial charge is 0.463 e. The van der Waals surface area contributed by atoms with Gasteiger partial charge in [-0.25, -0.2) is 0 Å². The molecule has 48 valence electrons. The molecule has 0 bridgehead atoms. The molecule has 0 spiro atoms. The van der Waals surface area contributed by atoms with Crippen LogP contribution in [0.2, 0.25) is 0 Å². The summed E-state index contributed by atoms with van der Waals surface area (Å²) in [5.74, 6) is 1.90. The molecule has 1 nitrogen and oxygen atoms in total. The molecule has 1 heterocycles. The van der Waals surface area contributed by atoms with Crippen molar-refractivity contribution in [2.45, 2.75) is 0 Å². The summed E-state index contributed by atoms with van der Waals surface area (Å²) in [6.45, 7) is 0. The molecule has 0 amide bonds. The average molecular weight is 317 g/mol. The maximum atomic E-state index is 5.18. The second-order valence-electron chi connectivity index (χ2n) is 1.45. The van der Waals surface area contributed by atoms with Gasteiger partial charge in [-0.15, -0.1) is 0 Å². The Morgan fingerprint density at radius 2 is 2.11 bits per heavy atom. The molecule has 0 aromatic heterocycles. The predicted octanol–water partition coefficient (Wildman–Crippen LogP) is 2.95. The highest BCUT2D eigenvalue weighted by Gasteiger charge is 2.15. The Hall–Kier alpha value is 0.785. The molecule has 1 aliphatic rings. The van der Waals surface area contributed by atoms with Gasteiger partial charge in [0.15, 0.2) is 4.67 Å². The Bertz CT molecular complexity index is 177. The average Bonchev–Trinajstić information content (AvgIpc) is 1.80. The summed E-state index contributed by atoms with van der Waals surface area (Å²) in [5, 5.41) is 0.